The number of aromatic nitrogens is 2. The average Bonchev–Trinajstić information content (AvgIpc) is 2.29. The number of rotatable bonds is 2. The lowest BCUT2D eigenvalue weighted by Gasteiger charge is -2.20. The van der Waals surface area contributed by atoms with Gasteiger partial charge in [-0.25, -0.2) is 24.8 Å². The van der Waals surface area contributed by atoms with Crippen LogP contribution in [-0.2, 0) is 4.74 Å². The van der Waals surface area contributed by atoms with Crippen molar-refractivity contribution in [3.8, 4) is 11.8 Å². The molecule has 0 saturated carbocycles. The maximum Gasteiger partial charge on any atom is 0.360 e. The predicted octanol–water partition coefficient (Wildman–Crippen LogP) is 0.473. The standard InChI is InChI=1S/C12H18N4O2S/c1-18-12(17)9-11(14)16-10(13)8(15-9)6-5-7-19(2,3)4/h7H2,1-4H3,(H4,13,14,16). The van der Waals surface area contributed by atoms with Crippen molar-refractivity contribution >= 4 is 27.6 Å². The zero-order chi connectivity index (χ0) is 14.6. The van der Waals surface area contributed by atoms with Gasteiger partial charge in [0.2, 0.25) is 0 Å². The van der Waals surface area contributed by atoms with E-state index in [9.17, 15) is 4.79 Å². The lowest BCUT2D eigenvalue weighted by molar-refractivity contribution is 0.0595. The number of nitrogens with zero attached hydrogens (tertiary/aromatic N) is 2. The Hall–Kier alpha value is -1.94. The molecule has 7 heteroatoms. The van der Waals surface area contributed by atoms with Gasteiger partial charge in [-0.3, -0.25) is 0 Å². The molecule has 0 aliphatic carbocycles. The second kappa shape index (κ2) is 5.80. The molecule has 1 heterocycles. The molecule has 0 atom stereocenters. The van der Waals surface area contributed by atoms with Gasteiger partial charge in [0.05, 0.1) is 7.11 Å². The Morgan fingerprint density at radius 2 is 1.89 bits per heavy atom. The Labute approximate surface area is 114 Å². The summed E-state index contributed by atoms with van der Waals surface area (Å²) < 4.78 is 4.56. The molecule has 0 aromatic carbocycles. The van der Waals surface area contributed by atoms with Gasteiger partial charge in [0.25, 0.3) is 0 Å². The molecule has 19 heavy (non-hydrogen) atoms. The molecule has 0 saturated heterocycles. The molecule has 0 bridgehead atoms. The minimum atomic E-state index is -0.725. The van der Waals surface area contributed by atoms with Crippen LogP contribution in [0.4, 0.5) is 11.6 Å². The van der Waals surface area contributed by atoms with Crippen LogP contribution in [0, 0.1) is 11.8 Å². The quantitative estimate of drug-likeness (QED) is 0.603. The minimum Gasteiger partial charge on any atom is -0.464 e. The fraction of sp³-hybridized carbons (Fsp3) is 0.417. The molecule has 104 valence electrons. The van der Waals surface area contributed by atoms with E-state index < -0.39 is 16.0 Å². The van der Waals surface area contributed by atoms with E-state index in [1.807, 2.05) is 0 Å². The molecule has 0 amide bonds. The zero-order valence-corrected chi connectivity index (χ0v) is 12.3. The lowest BCUT2D eigenvalue weighted by atomic mass is 10.3. The van der Waals surface area contributed by atoms with E-state index in [-0.39, 0.29) is 23.0 Å². The Kier molecular flexibility index (Phi) is 4.62. The second-order valence-electron chi connectivity index (χ2n) is 4.72. The van der Waals surface area contributed by atoms with Crippen LogP contribution < -0.4 is 11.5 Å². The normalized spacial score (nSPS) is 11.4. The van der Waals surface area contributed by atoms with Crippen molar-refractivity contribution in [1.82, 2.24) is 9.97 Å². The number of esters is 1. The van der Waals surface area contributed by atoms with Crippen LogP contribution in [0.1, 0.15) is 16.2 Å². The molecular weight excluding hydrogens is 264 g/mol. The lowest BCUT2D eigenvalue weighted by Crippen LogP contribution is -2.13. The SMILES string of the molecule is COC(=O)c1nc(C#CCS(C)(C)C)c(N)nc1N. The molecule has 1 rings (SSSR count). The van der Waals surface area contributed by atoms with Crippen LogP contribution in [0.2, 0.25) is 0 Å². The maximum atomic E-state index is 11.4. The third kappa shape index (κ3) is 4.34. The van der Waals surface area contributed by atoms with E-state index >= 15 is 0 Å². The van der Waals surface area contributed by atoms with Gasteiger partial charge in [-0.15, -0.1) is 0 Å². The predicted molar refractivity (Wildman–Crippen MR) is 79.3 cm³/mol. The third-order valence-electron chi connectivity index (χ3n) is 2.04. The van der Waals surface area contributed by atoms with Crippen molar-refractivity contribution in [2.45, 2.75) is 0 Å². The monoisotopic (exact) mass is 282 g/mol. The summed E-state index contributed by atoms with van der Waals surface area (Å²) in [5.74, 6) is 5.97. The molecule has 4 N–H and O–H groups in total. The van der Waals surface area contributed by atoms with Crippen LogP contribution in [0.15, 0.2) is 0 Å². The zero-order valence-electron chi connectivity index (χ0n) is 11.5. The first-order valence-electron chi connectivity index (χ1n) is 5.41. The Bertz CT molecular complexity index is 555. The Balaban J connectivity index is 3.11. The minimum absolute atomic E-state index is 0.0589. The van der Waals surface area contributed by atoms with Gasteiger partial charge in [0.1, 0.15) is 0 Å². The molecule has 1 aromatic heterocycles. The van der Waals surface area contributed by atoms with Crippen LogP contribution in [0.25, 0.3) is 0 Å². The van der Waals surface area contributed by atoms with E-state index in [0.717, 1.165) is 5.75 Å². The summed E-state index contributed by atoms with van der Waals surface area (Å²) in [6.45, 7) is 0. The number of nitrogens with two attached hydrogens (primary N) is 2. The van der Waals surface area contributed by atoms with Crippen molar-refractivity contribution < 1.29 is 9.53 Å². The largest absolute Gasteiger partial charge is 0.464 e. The highest BCUT2D eigenvalue weighted by molar-refractivity contribution is 8.32. The van der Waals surface area contributed by atoms with E-state index in [2.05, 4.69) is 45.3 Å². The number of nitrogen functional groups attached to an aromatic ring is 2. The van der Waals surface area contributed by atoms with Gasteiger partial charge in [-0.1, -0.05) is 5.92 Å². The van der Waals surface area contributed by atoms with Crippen LogP contribution in [-0.4, -0.2) is 47.6 Å². The van der Waals surface area contributed by atoms with E-state index in [0.29, 0.717) is 0 Å². The number of methoxy groups -OCH3 is 1. The van der Waals surface area contributed by atoms with Crippen molar-refractivity contribution in [1.29, 1.82) is 0 Å². The Morgan fingerprint density at radius 3 is 2.42 bits per heavy atom. The highest BCUT2D eigenvalue weighted by Gasteiger charge is 2.16. The van der Waals surface area contributed by atoms with Crippen LogP contribution >= 0.6 is 10.0 Å². The van der Waals surface area contributed by atoms with Crippen LogP contribution in [0.3, 0.4) is 0 Å². The fourth-order valence-corrected chi connectivity index (χ4v) is 1.64. The highest BCUT2D eigenvalue weighted by atomic mass is 32.3. The molecule has 0 aliphatic heterocycles. The van der Waals surface area contributed by atoms with Crippen molar-refractivity contribution in [2.24, 2.45) is 0 Å². The fourth-order valence-electron chi connectivity index (χ4n) is 1.14. The number of carbonyl (C=O) groups excluding carboxylic acids is 1. The summed E-state index contributed by atoms with van der Waals surface area (Å²) in [5.41, 5.74) is 11.4. The first kappa shape index (κ1) is 15.1. The van der Waals surface area contributed by atoms with Gasteiger partial charge in [0.15, 0.2) is 23.0 Å². The summed E-state index contributed by atoms with van der Waals surface area (Å²) in [6.07, 6.45) is 6.46. The van der Waals surface area contributed by atoms with Crippen molar-refractivity contribution in [3.63, 3.8) is 0 Å². The molecule has 6 nitrogen and oxygen atoms in total. The molecule has 0 aliphatic rings. The number of anilines is 2. The molecule has 0 fully saturated rings. The van der Waals surface area contributed by atoms with Gasteiger partial charge < -0.3 is 16.2 Å². The first-order chi connectivity index (χ1) is 8.74. The first-order valence-corrected chi connectivity index (χ1v) is 8.43. The molecule has 1 aromatic rings. The summed E-state index contributed by atoms with van der Waals surface area (Å²) in [5, 5.41) is 0. The number of ether oxygens (including phenoxy) is 1. The molecule has 0 radical (unpaired) electrons. The number of hydrogen-bond donors (Lipinski definition) is 2. The second-order valence-corrected chi connectivity index (χ2v) is 9.19. The molecule has 0 unspecified atom stereocenters. The maximum absolute atomic E-state index is 11.4. The van der Waals surface area contributed by atoms with Gasteiger partial charge in [0, 0.05) is 5.75 Å². The Morgan fingerprint density at radius 1 is 1.26 bits per heavy atom. The van der Waals surface area contributed by atoms with Gasteiger partial charge in [-0.2, -0.15) is 0 Å². The summed E-state index contributed by atoms with van der Waals surface area (Å²) in [7, 11) is 0.519. The van der Waals surface area contributed by atoms with E-state index in [4.69, 9.17) is 11.5 Å². The van der Waals surface area contributed by atoms with Crippen LogP contribution in [0.5, 0.6) is 0 Å². The molecule has 0 spiro atoms. The summed E-state index contributed by atoms with van der Waals surface area (Å²) in [4.78, 5) is 19.3. The number of hydrogen-bond acceptors (Lipinski definition) is 6. The van der Waals surface area contributed by atoms with E-state index in [1.54, 1.807) is 0 Å². The average molecular weight is 282 g/mol. The topological polar surface area (TPSA) is 104 Å². The smallest absolute Gasteiger partial charge is 0.360 e. The third-order valence-corrected chi connectivity index (χ3v) is 3.05. The molecular formula is C12H18N4O2S. The van der Waals surface area contributed by atoms with Crippen molar-refractivity contribution in [2.75, 3.05) is 43.1 Å². The van der Waals surface area contributed by atoms with Crippen molar-refractivity contribution in [3.05, 3.63) is 11.4 Å². The summed E-state index contributed by atoms with van der Waals surface area (Å²) in [6, 6.07) is 0. The van der Waals surface area contributed by atoms with Gasteiger partial charge in [-0.05, 0) is 24.7 Å². The van der Waals surface area contributed by atoms with Gasteiger partial charge >= 0.3 is 5.97 Å². The summed E-state index contributed by atoms with van der Waals surface area (Å²) >= 11 is 0. The highest BCUT2D eigenvalue weighted by Crippen LogP contribution is 2.33. The van der Waals surface area contributed by atoms with E-state index in [1.165, 1.54) is 7.11 Å². The number of carbonyl (C=O) groups is 1.